The Morgan fingerprint density at radius 3 is 2.49 bits per heavy atom. The van der Waals surface area contributed by atoms with Crippen molar-refractivity contribution in [3.63, 3.8) is 0 Å². The number of alkyl halides is 3. The van der Waals surface area contributed by atoms with Gasteiger partial charge in [0.05, 0.1) is 23.5 Å². The monoisotopic (exact) mass is 516 g/mol. The molecule has 5 rings (SSSR count). The Morgan fingerprint density at radius 1 is 1.22 bits per heavy atom. The third kappa shape index (κ3) is 4.28. The minimum absolute atomic E-state index is 0.00253. The fourth-order valence-electron chi connectivity index (χ4n) is 4.56. The molecule has 0 radical (unpaired) electrons. The molecule has 1 amide bonds. The van der Waals surface area contributed by atoms with Gasteiger partial charge in [-0.15, -0.1) is 0 Å². The molecule has 0 saturated carbocycles. The van der Waals surface area contributed by atoms with Crippen LogP contribution in [0.25, 0.3) is 16.9 Å². The van der Waals surface area contributed by atoms with Gasteiger partial charge < -0.3 is 10.0 Å². The summed E-state index contributed by atoms with van der Waals surface area (Å²) in [7, 11) is 1.83. The number of amides is 1. The van der Waals surface area contributed by atoms with Gasteiger partial charge in [0.15, 0.2) is 17.1 Å². The molecule has 0 atom stereocenters. The maximum atomic E-state index is 13.6. The van der Waals surface area contributed by atoms with E-state index in [0.29, 0.717) is 18.7 Å². The van der Waals surface area contributed by atoms with Crippen LogP contribution in [0, 0.1) is 11.8 Å². The summed E-state index contributed by atoms with van der Waals surface area (Å²) in [5.74, 6) is 3.71. The molecule has 2 fully saturated rings. The third-order valence-electron chi connectivity index (χ3n) is 6.29. The summed E-state index contributed by atoms with van der Waals surface area (Å²) in [6.45, 7) is 3.68. The van der Waals surface area contributed by atoms with E-state index in [-0.39, 0.29) is 29.9 Å². The van der Waals surface area contributed by atoms with Crippen molar-refractivity contribution in [3.05, 3.63) is 64.7 Å². The Labute approximate surface area is 207 Å². The molecule has 0 spiro atoms. The number of halogens is 4. The van der Waals surface area contributed by atoms with Gasteiger partial charge >= 0.3 is 11.9 Å². The Balaban J connectivity index is 1.64. The number of rotatable bonds is 3. The molecule has 1 N–H and O–H groups in total. The van der Waals surface area contributed by atoms with Crippen LogP contribution in [0.2, 0.25) is 0 Å². The van der Waals surface area contributed by atoms with Crippen LogP contribution >= 0.6 is 0 Å². The molecule has 2 aliphatic heterocycles. The van der Waals surface area contributed by atoms with Crippen molar-refractivity contribution in [2.24, 2.45) is 0 Å². The van der Waals surface area contributed by atoms with Crippen molar-refractivity contribution in [1.29, 1.82) is 0 Å². The summed E-state index contributed by atoms with van der Waals surface area (Å²) in [4.78, 5) is 36.3. The summed E-state index contributed by atoms with van der Waals surface area (Å²) >= 11 is 0. The van der Waals surface area contributed by atoms with Crippen molar-refractivity contribution < 1.29 is 27.5 Å². The van der Waals surface area contributed by atoms with E-state index in [0.717, 1.165) is 22.9 Å². The molecular weight excluding hydrogens is 496 g/mol. The van der Waals surface area contributed by atoms with Crippen LogP contribution < -0.4 is 5.69 Å². The molecule has 3 aromatic heterocycles. The molecule has 5 heterocycles. The van der Waals surface area contributed by atoms with Gasteiger partial charge in [0, 0.05) is 32.4 Å². The van der Waals surface area contributed by atoms with Crippen LogP contribution in [0.1, 0.15) is 17.3 Å². The van der Waals surface area contributed by atoms with Crippen molar-refractivity contribution in [3.8, 4) is 17.5 Å². The van der Waals surface area contributed by atoms with Crippen molar-refractivity contribution in [1.82, 2.24) is 28.9 Å². The lowest BCUT2D eigenvalue weighted by atomic mass is 9.95. The molecule has 3 aromatic rings. The summed E-state index contributed by atoms with van der Waals surface area (Å²) in [6, 6.07) is 2.84. The number of hydrogen-bond acceptors (Lipinski definition) is 6. The topological polar surface area (TPSA) is 96.5 Å². The van der Waals surface area contributed by atoms with Gasteiger partial charge in [-0.3, -0.25) is 14.3 Å². The van der Waals surface area contributed by atoms with Crippen molar-refractivity contribution in [2.75, 3.05) is 33.2 Å². The van der Waals surface area contributed by atoms with Gasteiger partial charge in [-0.05, 0) is 25.2 Å². The third-order valence-corrected chi connectivity index (χ3v) is 6.29. The number of likely N-dealkylation sites (N-methyl/N-ethyl adjacent to an activating group) is 1. The summed E-state index contributed by atoms with van der Waals surface area (Å²) < 4.78 is 54.8. The summed E-state index contributed by atoms with van der Waals surface area (Å²) in [5.41, 5.74) is -2.21. The van der Waals surface area contributed by atoms with Crippen LogP contribution in [-0.4, -0.2) is 78.7 Å². The van der Waals surface area contributed by atoms with Gasteiger partial charge in [0.1, 0.15) is 11.2 Å². The minimum Gasteiger partial charge on any atom is -0.375 e. The van der Waals surface area contributed by atoms with Gasteiger partial charge in [-0.2, -0.15) is 13.2 Å². The lowest BCUT2D eigenvalue weighted by molar-refractivity contribution is -0.141. The van der Waals surface area contributed by atoms with Gasteiger partial charge in [-0.1, -0.05) is 18.4 Å². The summed E-state index contributed by atoms with van der Waals surface area (Å²) in [6.07, 6.45) is -2.34. The number of β-amino-alcohol motifs (C(OH)–C–C–N with tert-alkyl or cyclic N) is 1. The van der Waals surface area contributed by atoms with E-state index in [1.54, 1.807) is 6.07 Å². The average molecular weight is 516 g/mol. The zero-order valence-corrected chi connectivity index (χ0v) is 19.5. The first-order valence-electron chi connectivity index (χ1n) is 11.1. The first-order valence-corrected chi connectivity index (χ1v) is 11.1. The molecule has 2 aliphatic rings. The SMILES string of the molecule is C=C(F)C(=O)N1CC(n2c(=O)n(-c3ccc(C(F)(F)F)nc3)c3nccc(C#CC4(O)CN(C)C4)c32)C1. The first-order chi connectivity index (χ1) is 17.4. The van der Waals surface area contributed by atoms with Crippen LogP contribution in [0.5, 0.6) is 0 Å². The zero-order chi connectivity index (χ0) is 26.7. The number of carbonyl (C=O) groups is 1. The fourth-order valence-corrected chi connectivity index (χ4v) is 4.56. The quantitative estimate of drug-likeness (QED) is 0.322. The van der Waals surface area contributed by atoms with Crippen molar-refractivity contribution >= 4 is 17.1 Å². The van der Waals surface area contributed by atoms with E-state index in [4.69, 9.17) is 0 Å². The number of hydrogen-bond donors (Lipinski definition) is 1. The number of aromatic nitrogens is 4. The number of aliphatic hydroxyl groups is 1. The van der Waals surface area contributed by atoms with Crippen molar-refractivity contribution in [2.45, 2.75) is 17.8 Å². The molecule has 0 unspecified atom stereocenters. The van der Waals surface area contributed by atoms with E-state index >= 15 is 0 Å². The lowest BCUT2D eigenvalue weighted by Gasteiger charge is -2.40. The standard InChI is InChI=1S/C24H20F4N6O3/c1-14(25)21(35)32-10-17(11-32)33-19-15(5-7-23(37)12-31(2)13-23)6-8-29-20(19)34(22(33)36)16-3-4-18(30-9-16)24(26,27)28/h3-4,6,8-9,17,37H,1,10-13H2,2H3. The summed E-state index contributed by atoms with van der Waals surface area (Å²) in [5, 5.41) is 10.5. The molecule has 2 saturated heterocycles. The largest absolute Gasteiger partial charge is 0.433 e. The maximum Gasteiger partial charge on any atom is 0.433 e. The zero-order valence-electron chi connectivity index (χ0n) is 19.5. The second-order valence-corrected chi connectivity index (χ2v) is 9.14. The molecule has 0 aliphatic carbocycles. The predicted octanol–water partition coefficient (Wildman–Crippen LogP) is 1.50. The molecule has 0 aromatic carbocycles. The van der Waals surface area contributed by atoms with Gasteiger partial charge in [0.25, 0.3) is 5.91 Å². The molecule has 192 valence electrons. The van der Waals surface area contributed by atoms with E-state index < -0.39 is 40.9 Å². The average Bonchev–Trinajstić information content (AvgIpc) is 3.07. The predicted molar refractivity (Wildman–Crippen MR) is 123 cm³/mol. The van der Waals surface area contributed by atoms with E-state index in [9.17, 15) is 32.3 Å². The Kier molecular flexibility index (Phi) is 5.69. The van der Waals surface area contributed by atoms with E-state index in [1.807, 2.05) is 11.9 Å². The first kappa shape index (κ1) is 24.7. The highest BCUT2D eigenvalue weighted by atomic mass is 19.4. The number of likely N-dealkylation sites (tertiary alicyclic amines) is 2. The Bertz CT molecular complexity index is 1540. The van der Waals surface area contributed by atoms with Gasteiger partial charge in [-0.25, -0.2) is 23.7 Å². The highest BCUT2D eigenvalue weighted by Crippen LogP contribution is 2.30. The van der Waals surface area contributed by atoms with E-state index in [2.05, 4.69) is 28.4 Å². The second kappa shape index (κ2) is 8.53. The highest BCUT2D eigenvalue weighted by molar-refractivity contribution is 5.91. The van der Waals surface area contributed by atoms with Crippen LogP contribution in [0.15, 0.2) is 47.8 Å². The van der Waals surface area contributed by atoms with E-state index in [1.165, 1.54) is 15.7 Å². The number of carbonyl (C=O) groups excluding carboxylic acids is 1. The molecule has 9 nitrogen and oxygen atoms in total. The number of imidazole rings is 1. The maximum absolute atomic E-state index is 13.6. The van der Waals surface area contributed by atoms with Crippen LogP contribution in [0.4, 0.5) is 17.6 Å². The fraction of sp³-hybridized carbons (Fsp3) is 0.333. The normalized spacial score (nSPS) is 17.6. The second-order valence-electron chi connectivity index (χ2n) is 9.14. The smallest absolute Gasteiger partial charge is 0.375 e. The van der Waals surface area contributed by atoms with Crippen LogP contribution in [-0.2, 0) is 11.0 Å². The molecular formula is C24H20F4N6O3. The lowest BCUT2D eigenvalue weighted by Crippen LogP contribution is -2.59. The molecule has 13 heteroatoms. The van der Waals surface area contributed by atoms with Gasteiger partial charge in [0.2, 0.25) is 0 Å². The Hall–Kier alpha value is -4.02. The number of fused-ring (bicyclic) bond motifs is 1. The Morgan fingerprint density at radius 2 is 1.92 bits per heavy atom. The number of nitrogens with zero attached hydrogens (tertiary/aromatic N) is 6. The molecule has 0 bridgehead atoms. The molecule has 37 heavy (non-hydrogen) atoms. The minimum atomic E-state index is -4.66. The highest BCUT2D eigenvalue weighted by Gasteiger charge is 2.38. The number of pyridine rings is 2. The van der Waals surface area contributed by atoms with Crippen LogP contribution in [0.3, 0.4) is 0 Å².